The average molecular weight is 433 g/mol. The van der Waals surface area contributed by atoms with E-state index < -0.39 is 27.0 Å². The van der Waals surface area contributed by atoms with E-state index in [9.17, 15) is 22.8 Å². The highest BCUT2D eigenvalue weighted by atomic mass is 32.2. The van der Waals surface area contributed by atoms with Crippen LogP contribution >= 0.6 is 0 Å². The van der Waals surface area contributed by atoms with Gasteiger partial charge in [-0.3, -0.25) is 14.4 Å². The van der Waals surface area contributed by atoms with Crippen LogP contribution in [0.5, 0.6) is 0 Å². The Morgan fingerprint density at radius 1 is 1.00 bits per heavy atom. The molecule has 1 atom stereocenters. The van der Waals surface area contributed by atoms with Crippen molar-refractivity contribution in [3.05, 3.63) is 54.5 Å². The van der Waals surface area contributed by atoms with E-state index in [0.717, 1.165) is 0 Å². The monoisotopic (exact) mass is 433 g/mol. The van der Waals surface area contributed by atoms with Crippen molar-refractivity contribution in [2.24, 2.45) is 0 Å². The highest BCUT2D eigenvalue weighted by Gasteiger charge is 2.39. The fourth-order valence-electron chi connectivity index (χ4n) is 3.18. The molecule has 160 valence electrons. The first-order chi connectivity index (χ1) is 14.3. The number of piperazine rings is 1. The van der Waals surface area contributed by atoms with Crippen molar-refractivity contribution in [1.29, 1.82) is 0 Å². The van der Waals surface area contributed by atoms with Gasteiger partial charge < -0.3 is 19.5 Å². The van der Waals surface area contributed by atoms with Gasteiger partial charge in [-0.25, -0.2) is 8.42 Å². The van der Waals surface area contributed by atoms with Gasteiger partial charge in [-0.15, -0.1) is 0 Å². The smallest absolute Gasteiger partial charge is 0.288 e. The van der Waals surface area contributed by atoms with Crippen LogP contribution in [0.2, 0.25) is 0 Å². The van der Waals surface area contributed by atoms with Crippen LogP contribution in [0.25, 0.3) is 0 Å². The van der Waals surface area contributed by atoms with E-state index in [1.165, 1.54) is 47.6 Å². The second kappa shape index (κ2) is 9.12. The van der Waals surface area contributed by atoms with E-state index in [-0.39, 0.29) is 29.7 Å². The van der Waals surface area contributed by atoms with Gasteiger partial charge in [-0.05, 0) is 24.3 Å². The first-order valence-corrected chi connectivity index (χ1v) is 11.1. The molecule has 1 N–H and O–H groups in total. The Labute approximate surface area is 174 Å². The highest BCUT2D eigenvalue weighted by molar-refractivity contribution is 7.92. The third-order valence-electron chi connectivity index (χ3n) is 4.86. The van der Waals surface area contributed by atoms with Gasteiger partial charge in [-0.2, -0.15) is 0 Å². The number of nitrogens with zero attached hydrogens (tertiary/aromatic N) is 2. The summed E-state index contributed by atoms with van der Waals surface area (Å²) >= 11 is 0. The Morgan fingerprint density at radius 2 is 1.63 bits per heavy atom. The van der Waals surface area contributed by atoms with E-state index in [1.807, 2.05) is 0 Å². The predicted molar refractivity (Wildman–Crippen MR) is 107 cm³/mol. The van der Waals surface area contributed by atoms with Gasteiger partial charge in [0.2, 0.25) is 21.1 Å². The standard InChI is InChI=1S/C20H23N3O6S/c1-2-17(24)22-10-12-23(13-11-22)20(26)19(21-18(25)16-9-6-14-29-16)30(27,28)15-7-4-3-5-8-15/h3-9,14,19H,2,10-13H2,1H3,(H,21,25)/t19-/m0/s1. The van der Waals surface area contributed by atoms with Crippen LogP contribution in [0.1, 0.15) is 23.9 Å². The number of hydrogen-bond acceptors (Lipinski definition) is 6. The molecule has 0 unspecified atom stereocenters. The topological polar surface area (TPSA) is 117 Å². The van der Waals surface area contributed by atoms with E-state index in [4.69, 9.17) is 4.42 Å². The van der Waals surface area contributed by atoms with Crippen LogP contribution in [0.4, 0.5) is 0 Å². The zero-order chi connectivity index (χ0) is 21.7. The maximum absolute atomic E-state index is 13.2. The lowest BCUT2D eigenvalue weighted by Gasteiger charge is -2.36. The summed E-state index contributed by atoms with van der Waals surface area (Å²) < 4.78 is 31.4. The van der Waals surface area contributed by atoms with Crippen molar-refractivity contribution >= 4 is 27.6 Å². The lowest BCUT2D eigenvalue weighted by atomic mass is 10.2. The summed E-state index contributed by atoms with van der Waals surface area (Å²) in [6.07, 6.45) is 1.64. The lowest BCUT2D eigenvalue weighted by molar-refractivity contribution is -0.139. The molecule has 1 fully saturated rings. The number of hydrogen-bond donors (Lipinski definition) is 1. The molecule has 3 rings (SSSR count). The molecule has 1 aliphatic rings. The molecule has 1 aromatic carbocycles. The molecule has 2 aromatic rings. The molecule has 10 heteroatoms. The zero-order valence-corrected chi connectivity index (χ0v) is 17.3. The van der Waals surface area contributed by atoms with Crippen LogP contribution in [-0.4, -0.2) is 67.5 Å². The molecular formula is C20H23N3O6S. The molecule has 2 heterocycles. The molecule has 0 radical (unpaired) electrons. The van der Waals surface area contributed by atoms with Crippen molar-refractivity contribution in [2.45, 2.75) is 23.6 Å². The van der Waals surface area contributed by atoms with Crippen LogP contribution in [0, 0.1) is 0 Å². The third kappa shape index (κ3) is 4.54. The van der Waals surface area contributed by atoms with Gasteiger partial charge in [0.25, 0.3) is 11.8 Å². The minimum atomic E-state index is -4.22. The second-order valence-corrected chi connectivity index (χ2v) is 8.78. The summed E-state index contributed by atoms with van der Waals surface area (Å²) in [6.45, 7) is 2.74. The van der Waals surface area contributed by atoms with Gasteiger partial charge in [-0.1, -0.05) is 25.1 Å². The quantitative estimate of drug-likeness (QED) is 0.723. The molecule has 1 aromatic heterocycles. The molecule has 9 nitrogen and oxygen atoms in total. The molecule has 1 aliphatic heterocycles. The number of furan rings is 1. The number of amides is 3. The summed E-state index contributed by atoms with van der Waals surface area (Å²) in [4.78, 5) is 40.4. The van der Waals surface area contributed by atoms with E-state index >= 15 is 0 Å². The molecule has 3 amide bonds. The molecule has 1 saturated heterocycles. The van der Waals surface area contributed by atoms with Gasteiger partial charge in [0, 0.05) is 32.6 Å². The van der Waals surface area contributed by atoms with E-state index in [0.29, 0.717) is 19.5 Å². The van der Waals surface area contributed by atoms with Crippen molar-refractivity contribution < 1.29 is 27.2 Å². The van der Waals surface area contributed by atoms with Gasteiger partial charge in [0.1, 0.15) is 0 Å². The summed E-state index contributed by atoms with van der Waals surface area (Å²) in [5.74, 6) is -1.68. The maximum Gasteiger partial charge on any atom is 0.288 e. The highest BCUT2D eigenvalue weighted by Crippen LogP contribution is 2.18. The van der Waals surface area contributed by atoms with E-state index in [2.05, 4.69) is 5.32 Å². The second-order valence-electron chi connectivity index (χ2n) is 6.75. The zero-order valence-electron chi connectivity index (χ0n) is 16.5. The molecular weight excluding hydrogens is 410 g/mol. The van der Waals surface area contributed by atoms with Crippen molar-refractivity contribution in [3.8, 4) is 0 Å². The Bertz CT molecular complexity index is 996. The normalized spacial score (nSPS) is 15.5. The van der Waals surface area contributed by atoms with Crippen LogP contribution in [0.3, 0.4) is 0 Å². The minimum Gasteiger partial charge on any atom is -0.459 e. The van der Waals surface area contributed by atoms with Crippen LogP contribution in [0.15, 0.2) is 58.0 Å². The molecule has 30 heavy (non-hydrogen) atoms. The largest absolute Gasteiger partial charge is 0.459 e. The number of sulfone groups is 1. The lowest BCUT2D eigenvalue weighted by Crippen LogP contribution is -2.57. The number of carbonyl (C=O) groups is 3. The number of rotatable bonds is 6. The first kappa shape index (κ1) is 21.6. The van der Waals surface area contributed by atoms with Gasteiger partial charge >= 0.3 is 0 Å². The number of benzene rings is 1. The van der Waals surface area contributed by atoms with Crippen LogP contribution < -0.4 is 5.32 Å². The molecule has 0 aliphatic carbocycles. The van der Waals surface area contributed by atoms with Gasteiger partial charge in [0.05, 0.1) is 11.2 Å². The average Bonchev–Trinajstić information content (AvgIpc) is 3.32. The molecule has 0 bridgehead atoms. The van der Waals surface area contributed by atoms with Gasteiger partial charge in [0.15, 0.2) is 5.76 Å². The maximum atomic E-state index is 13.2. The Morgan fingerprint density at radius 3 is 2.20 bits per heavy atom. The SMILES string of the molecule is CCC(=O)N1CCN(C(=O)[C@@H](NC(=O)c2ccco2)S(=O)(=O)c2ccccc2)CC1. The van der Waals surface area contributed by atoms with Crippen LogP contribution in [-0.2, 0) is 19.4 Å². The Balaban J connectivity index is 1.85. The summed E-state index contributed by atoms with van der Waals surface area (Å²) in [5.41, 5.74) is 0. The summed E-state index contributed by atoms with van der Waals surface area (Å²) in [5, 5.41) is 0.494. The van der Waals surface area contributed by atoms with Crippen molar-refractivity contribution in [2.75, 3.05) is 26.2 Å². The summed E-state index contributed by atoms with van der Waals surface area (Å²) in [7, 11) is -4.22. The fourth-order valence-corrected chi connectivity index (χ4v) is 4.67. The Kier molecular flexibility index (Phi) is 6.56. The first-order valence-electron chi connectivity index (χ1n) is 9.54. The Hall–Kier alpha value is -3.14. The number of carbonyl (C=O) groups excluding carboxylic acids is 3. The minimum absolute atomic E-state index is 0.0262. The molecule has 0 saturated carbocycles. The number of nitrogens with one attached hydrogen (secondary N) is 1. The fraction of sp³-hybridized carbons (Fsp3) is 0.350. The predicted octanol–water partition coefficient (Wildman–Crippen LogP) is 0.890. The van der Waals surface area contributed by atoms with E-state index in [1.54, 1.807) is 17.9 Å². The molecule has 0 spiro atoms. The third-order valence-corrected chi connectivity index (χ3v) is 6.73. The van der Waals surface area contributed by atoms with Crippen molar-refractivity contribution in [1.82, 2.24) is 15.1 Å². The van der Waals surface area contributed by atoms with Crippen molar-refractivity contribution in [3.63, 3.8) is 0 Å². The summed E-state index contributed by atoms with van der Waals surface area (Å²) in [6, 6.07) is 10.3.